The van der Waals surface area contributed by atoms with E-state index in [4.69, 9.17) is 0 Å². The SMILES string of the molecule is C1CC2C3=C1N32. The molecular formula is C5H5N. The number of allylic oxidation sites excluding steroid dienone is 1. The van der Waals surface area contributed by atoms with Gasteiger partial charge in [0.25, 0.3) is 0 Å². The summed E-state index contributed by atoms with van der Waals surface area (Å²) in [5.41, 5.74) is 3.38. The molecule has 0 aromatic rings. The average Bonchev–Trinajstić information content (AvgIpc) is 2.30. The summed E-state index contributed by atoms with van der Waals surface area (Å²) in [4.78, 5) is 2.44. The number of fused-ring (bicyclic) bond motifs is 1. The second-order valence-electron chi connectivity index (χ2n) is 2.26. The van der Waals surface area contributed by atoms with Crippen LogP contribution in [0.1, 0.15) is 12.8 Å². The summed E-state index contributed by atoms with van der Waals surface area (Å²) < 4.78 is 0. The van der Waals surface area contributed by atoms with Gasteiger partial charge in [-0.1, -0.05) is 0 Å². The molecule has 0 spiro atoms. The van der Waals surface area contributed by atoms with Gasteiger partial charge in [0, 0.05) is 5.70 Å². The van der Waals surface area contributed by atoms with Gasteiger partial charge in [-0.3, -0.25) is 0 Å². The first-order chi connectivity index (χ1) is 2.98. The maximum atomic E-state index is 2.44. The van der Waals surface area contributed by atoms with E-state index in [0.717, 1.165) is 6.04 Å². The highest BCUT2D eigenvalue weighted by Gasteiger charge is 2.63. The van der Waals surface area contributed by atoms with E-state index in [1.807, 2.05) is 0 Å². The fourth-order valence-electron chi connectivity index (χ4n) is 1.57. The number of rotatable bonds is 0. The largest absolute Gasteiger partial charge is 0.334 e. The van der Waals surface area contributed by atoms with Gasteiger partial charge in [0.2, 0.25) is 0 Å². The minimum atomic E-state index is 0.986. The van der Waals surface area contributed by atoms with Gasteiger partial charge in [-0.2, -0.15) is 0 Å². The minimum Gasteiger partial charge on any atom is -0.334 e. The molecule has 0 radical (unpaired) electrons. The van der Waals surface area contributed by atoms with Crippen LogP contribution in [0.15, 0.2) is 11.4 Å². The zero-order valence-corrected chi connectivity index (χ0v) is 3.44. The molecule has 1 atom stereocenters. The van der Waals surface area contributed by atoms with E-state index in [1.54, 1.807) is 11.4 Å². The van der Waals surface area contributed by atoms with E-state index in [2.05, 4.69) is 4.90 Å². The lowest BCUT2D eigenvalue weighted by Crippen LogP contribution is -1.82. The third-order valence-corrected chi connectivity index (χ3v) is 2.01. The number of hydrogen-bond acceptors (Lipinski definition) is 1. The molecule has 1 aliphatic carbocycles. The molecule has 2 fully saturated rings. The van der Waals surface area contributed by atoms with E-state index in [-0.39, 0.29) is 0 Å². The molecule has 0 aromatic carbocycles. The molecule has 2 saturated heterocycles. The quantitative estimate of drug-likeness (QED) is 0.386. The summed E-state index contributed by atoms with van der Waals surface area (Å²) in [6, 6.07) is 0.986. The highest BCUT2D eigenvalue weighted by atomic mass is 15.5. The molecule has 0 saturated carbocycles. The Balaban J connectivity index is 2.40. The Morgan fingerprint density at radius 2 is 2.50 bits per heavy atom. The first-order valence-corrected chi connectivity index (χ1v) is 2.51. The van der Waals surface area contributed by atoms with Gasteiger partial charge in [-0.25, -0.2) is 0 Å². The molecule has 30 valence electrons. The van der Waals surface area contributed by atoms with E-state index >= 15 is 0 Å². The normalized spacial score (nSPS) is 44.0. The number of nitrogens with zero attached hydrogens (tertiary/aromatic N) is 1. The Morgan fingerprint density at radius 3 is 2.67 bits per heavy atom. The minimum absolute atomic E-state index is 0.986. The van der Waals surface area contributed by atoms with Gasteiger partial charge in [0.15, 0.2) is 0 Å². The van der Waals surface area contributed by atoms with Crippen LogP contribution < -0.4 is 0 Å². The fourth-order valence-corrected chi connectivity index (χ4v) is 1.57. The summed E-state index contributed by atoms with van der Waals surface area (Å²) in [7, 11) is 0. The lowest BCUT2D eigenvalue weighted by Gasteiger charge is -1.75. The average molecular weight is 79.1 g/mol. The Bertz CT molecular complexity index is 151. The molecule has 0 N–H and O–H groups in total. The van der Waals surface area contributed by atoms with Crippen molar-refractivity contribution in [1.29, 1.82) is 0 Å². The van der Waals surface area contributed by atoms with Crippen molar-refractivity contribution in [3.8, 4) is 0 Å². The molecule has 4 rings (SSSR count). The van der Waals surface area contributed by atoms with Crippen molar-refractivity contribution in [3.05, 3.63) is 11.4 Å². The molecule has 3 aliphatic heterocycles. The van der Waals surface area contributed by atoms with Crippen molar-refractivity contribution in [1.82, 2.24) is 4.90 Å². The zero-order valence-electron chi connectivity index (χ0n) is 3.44. The Morgan fingerprint density at radius 1 is 1.67 bits per heavy atom. The van der Waals surface area contributed by atoms with Crippen LogP contribution in [0.2, 0.25) is 0 Å². The van der Waals surface area contributed by atoms with Gasteiger partial charge in [-0.05, 0) is 12.8 Å². The standard InChI is InChI=1S/C5H5N/c1-2-4-5-3(1)6(4)5/h3H,1-2H2. The summed E-state index contributed by atoms with van der Waals surface area (Å²) in [5, 5.41) is 0. The van der Waals surface area contributed by atoms with Crippen LogP contribution in [0.4, 0.5) is 0 Å². The van der Waals surface area contributed by atoms with Gasteiger partial charge in [0.1, 0.15) is 0 Å². The van der Waals surface area contributed by atoms with Gasteiger partial charge in [-0.15, -0.1) is 0 Å². The summed E-state index contributed by atoms with van der Waals surface area (Å²) in [6.07, 6.45) is 2.85. The Kier molecular flexibility index (Phi) is 0.104. The van der Waals surface area contributed by atoms with Crippen LogP contribution in [0.25, 0.3) is 0 Å². The van der Waals surface area contributed by atoms with Crippen molar-refractivity contribution in [2.45, 2.75) is 18.9 Å². The highest BCUT2D eigenvalue weighted by molar-refractivity contribution is 5.57. The highest BCUT2D eigenvalue weighted by Crippen LogP contribution is 2.64. The lowest BCUT2D eigenvalue weighted by molar-refractivity contribution is 0.758. The van der Waals surface area contributed by atoms with Crippen molar-refractivity contribution in [2.24, 2.45) is 0 Å². The van der Waals surface area contributed by atoms with Crippen LogP contribution in [0.3, 0.4) is 0 Å². The maximum Gasteiger partial charge on any atom is 0.0760 e. The predicted molar refractivity (Wildman–Crippen MR) is 21.9 cm³/mol. The van der Waals surface area contributed by atoms with Crippen LogP contribution >= 0.6 is 0 Å². The molecule has 4 aliphatic rings. The molecule has 1 unspecified atom stereocenters. The molecular weight excluding hydrogens is 74.1 g/mol. The van der Waals surface area contributed by atoms with Crippen LogP contribution in [-0.4, -0.2) is 10.9 Å². The number of hydrogen-bond donors (Lipinski definition) is 0. The summed E-state index contributed by atoms with van der Waals surface area (Å²) in [5.74, 6) is 0. The van der Waals surface area contributed by atoms with Gasteiger partial charge >= 0.3 is 0 Å². The molecule has 6 heavy (non-hydrogen) atoms. The molecule has 1 nitrogen and oxygen atoms in total. The van der Waals surface area contributed by atoms with E-state index in [1.165, 1.54) is 12.8 Å². The van der Waals surface area contributed by atoms with Gasteiger partial charge in [0.05, 0.1) is 11.7 Å². The smallest absolute Gasteiger partial charge is 0.0760 e. The van der Waals surface area contributed by atoms with E-state index < -0.39 is 0 Å². The molecule has 2 bridgehead atoms. The monoisotopic (exact) mass is 79.0 g/mol. The van der Waals surface area contributed by atoms with Gasteiger partial charge < -0.3 is 4.90 Å². The first-order valence-electron chi connectivity index (χ1n) is 2.51. The van der Waals surface area contributed by atoms with E-state index in [0.29, 0.717) is 0 Å². The van der Waals surface area contributed by atoms with Crippen LogP contribution in [-0.2, 0) is 0 Å². The Labute approximate surface area is 36.3 Å². The second-order valence-corrected chi connectivity index (χ2v) is 2.26. The number of piperidine rings is 1. The maximum absolute atomic E-state index is 2.44. The molecule has 0 amide bonds. The molecule has 1 heteroatoms. The topological polar surface area (TPSA) is 3.01 Å². The van der Waals surface area contributed by atoms with Crippen molar-refractivity contribution in [3.63, 3.8) is 0 Å². The fraction of sp³-hybridized carbons (Fsp3) is 0.600. The predicted octanol–water partition coefficient (Wildman–Crippen LogP) is 0.690. The van der Waals surface area contributed by atoms with Crippen molar-refractivity contribution >= 4 is 0 Å². The van der Waals surface area contributed by atoms with Crippen molar-refractivity contribution < 1.29 is 0 Å². The first kappa shape index (κ1) is 2.01. The summed E-state index contributed by atoms with van der Waals surface area (Å²) >= 11 is 0. The zero-order chi connectivity index (χ0) is 3.72. The molecule has 0 aromatic heterocycles. The second kappa shape index (κ2) is 0.310. The van der Waals surface area contributed by atoms with Crippen LogP contribution in [0, 0.1) is 0 Å². The molecule has 3 heterocycles. The third-order valence-electron chi connectivity index (χ3n) is 2.01. The lowest BCUT2D eigenvalue weighted by atomic mass is 10.4. The van der Waals surface area contributed by atoms with Crippen molar-refractivity contribution in [2.75, 3.05) is 0 Å². The summed E-state index contributed by atoms with van der Waals surface area (Å²) in [6.45, 7) is 0. The Hall–Kier alpha value is -0.460. The third kappa shape index (κ3) is 0.0541. The van der Waals surface area contributed by atoms with Crippen LogP contribution in [0.5, 0.6) is 0 Å². The van der Waals surface area contributed by atoms with E-state index in [9.17, 15) is 0 Å².